The standard InChI is InChI=1S/C58H112O6/c1-7-54(6)46-40-34-28-22-17-19-24-30-36-42-48-57(60)63-51-55(64-58(61)49-43-37-31-25-18-16-21-27-33-39-45-53(4)5)50-62-56(59)47-41-35-29-23-15-13-11-9-8-10-12-14-20-26-32-38-44-52(2)3/h52-55H,7-51H2,1-6H3/t54?,55-/m0/s1. The van der Waals surface area contributed by atoms with E-state index in [1.165, 1.54) is 199 Å². The van der Waals surface area contributed by atoms with E-state index in [2.05, 4.69) is 41.5 Å². The van der Waals surface area contributed by atoms with E-state index in [4.69, 9.17) is 14.2 Å². The van der Waals surface area contributed by atoms with Crippen LogP contribution in [0.1, 0.15) is 318 Å². The Labute approximate surface area is 399 Å². The van der Waals surface area contributed by atoms with Crippen molar-refractivity contribution in [2.45, 2.75) is 324 Å². The Bertz CT molecular complexity index is 993. The molecule has 0 aliphatic rings. The molecule has 0 aromatic rings. The first kappa shape index (κ1) is 62.4. The molecule has 1 unspecified atom stereocenters. The third kappa shape index (κ3) is 49.8. The van der Waals surface area contributed by atoms with Crippen LogP contribution in [0.4, 0.5) is 0 Å². The molecule has 0 aromatic carbocycles. The highest BCUT2D eigenvalue weighted by Crippen LogP contribution is 2.19. The predicted octanol–water partition coefficient (Wildman–Crippen LogP) is 18.7. The van der Waals surface area contributed by atoms with Crippen molar-refractivity contribution in [3.05, 3.63) is 0 Å². The smallest absolute Gasteiger partial charge is 0.306 e. The molecule has 0 heterocycles. The molecule has 6 nitrogen and oxygen atoms in total. The molecular formula is C58H112O6. The highest BCUT2D eigenvalue weighted by atomic mass is 16.6. The number of hydrogen-bond donors (Lipinski definition) is 0. The topological polar surface area (TPSA) is 78.9 Å². The molecule has 0 aromatic heterocycles. The van der Waals surface area contributed by atoms with E-state index in [9.17, 15) is 14.4 Å². The van der Waals surface area contributed by atoms with Gasteiger partial charge in [-0.05, 0) is 37.0 Å². The van der Waals surface area contributed by atoms with E-state index in [0.29, 0.717) is 19.3 Å². The summed E-state index contributed by atoms with van der Waals surface area (Å²) in [4.78, 5) is 38.1. The number of esters is 3. The molecular weight excluding hydrogens is 793 g/mol. The first-order valence-electron chi connectivity index (χ1n) is 28.6. The molecule has 0 saturated carbocycles. The van der Waals surface area contributed by atoms with Crippen LogP contribution in [0.5, 0.6) is 0 Å². The van der Waals surface area contributed by atoms with Gasteiger partial charge in [0.05, 0.1) is 0 Å². The van der Waals surface area contributed by atoms with Crippen molar-refractivity contribution in [2.24, 2.45) is 17.8 Å². The van der Waals surface area contributed by atoms with Crippen LogP contribution in [0, 0.1) is 17.8 Å². The molecule has 0 N–H and O–H groups in total. The molecule has 0 saturated heterocycles. The van der Waals surface area contributed by atoms with Crippen molar-refractivity contribution in [1.82, 2.24) is 0 Å². The summed E-state index contributed by atoms with van der Waals surface area (Å²) >= 11 is 0. The third-order valence-electron chi connectivity index (χ3n) is 13.5. The van der Waals surface area contributed by atoms with Crippen molar-refractivity contribution >= 4 is 17.9 Å². The maximum Gasteiger partial charge on any atom is 0.306 e. The molecule has 6 heteroatoms. The van der Waals surface area contributed by atoms with Gasteiger partial charge in [-0.1, -0.05) is 279 Å². The van der Waals surface area contributed by atoms with Crippen LogP contribution < -0.4 is 0 Å². The molecule has 0 amide bonds. The van der Waals surface area contributed by atoms with Gasteiger partial charge in [-0.15, -0.1) is 0 Å². The van der Waals surface area contributed by atoms with Crippen LogP contribution in [-0.2, 0) is 28.6 Å². The van der Waals surface area contributed by atoms with Gasteiger partial charge in [-0.3, -0.25) is 14.4 Å². The minimum Gasteiger partial charge on any atom is -0.462 e. The van der Waals surface area contributed by atoms with Crippen molar-refractivity contribution in [1.29, 1.82) is 0 Å². The molecule has 0 aliphatic heterocycles. The molecule has 0 bridgehead atoms. The van der Waals surface area contributed by atoms with Gasteiger partial charge in [-0.25, -0.2) is 0 Å². The van der Waals surface area contributed by atoms with E-state index in [1.807, 2.05) is 0 Å². The highest BCUT2D eigenvalue weighted by molar-refractivity contribution is 5.71. The van der Waals surface area contributed by atoms with Crippen LogP contribution in [0.25, 0.3) is 0 Å². The minimum absolute atomic E-state index is 0.0639. The van der Waals surface area contributed by atoms with Gasteiger partial charge in [0, 0.05) is 19.3 Å². The minimum atomic E-state index is -0.764. The van der Waals surface area contributed by atoms with E-state index >= 15 is 0 Å². The van der Waals surface area contributed by atoms with Gasteiger partial charge >= 0.3 is 17.9 Å². The first-order chi connectivity index (χ1) is 31.1. The Morgan fingerprint density at radius 3 is 0.812 bits per heavy atom. The summed E-state index contributed by atoms with van der Waals surface area (Å²) in [7, 11) is 0. The number of unbranched alkanes of at least 4 members (excludes halogenated alkanes) is 33. The summed E-state index contributed by atoms with van der Waals surface area (Å²) in [6.45, 7) is 13.8. The molecule has 64 heavy (non-hydrogen) atoms. The second-order valence-corrected chi connectivity index (χ2v) is 21.1. The first-order valence-corrected chi connectivity index (χ1v) is 28.6. The lowest BCUT2D eigenvalue weighted by molar-refractivity contribution is -0.167. The monoisotopic (exact) mass is 905 g/mol. The maximum absolute atomic E-state index is 12.8. The molecule has 0 radical (unpaired) electrons. The zero-order valence-corrected chi connectivity index (χ0v) is 44.1. The van der Waals surface area contributed by atoms with E-state index in [0.717, 1.165) is 75.5 Å². The molecule has 2 atom stereocenters. The lowest BCUT2D eigenvalue weighted by Crippen LogP contribution is -2.30. The lowest BCUT2D eigenvalue weighted by Gasteiger charge is -2.18. The van der Waals surface area contributed by atoms with Crippen molar-refractivity contribution < 1.29 is 28.6 Å². The predicted molar refractivity (Wildman–Crippen MR) is 275 cm³/mol. The second-order valence-electron chi connectivity index (χ2n) is 21.1. The van der Waals surface area contributed by atoms with Crippen LogP contribution in [0.2, 0.25) is 0 Å². The second kappa shape index (κ2) is 49.3. The van der Waals surface area contributed by atoms with Gasteiger partial charge in [0.15, 0.2) is 6.10 Å². The van der Waals surface area contributed by atoms with Crippen LogP contribution in [0.3, 0.4) is 0 Å². The Morgan fingerprint density at radius 1 is 0.312 bits per heavy atom. The summed E-state index contributed by atoms with van der Waals surface area (Å²) in [6.07, 6.45) is 50.9. The van der Waals surface area contributed by atoms with E-state index < -0.39 is 6.10 Å². The fourth-order valence-corrected chi connectivity index (χ4v) is 8.79. The number of rotatable bonds is 51. The number of carbonyl (C=O) groups excluding carboxylic acids is 3. The summed E-state index contributed by atoms with van der Waals surface area (Å²) in [5.74, 6) is 1.69. The number of hydrogen-bond acceptors (Lipinski definition) is 6. The van der Waals surface area contributed by atoms with Crippen LogP contribution >= 0.6 is 0 Å². The Morgan fingerprint density at radius 2 is 0.547 bits per heavy atom. The molecule has 0 fully saturated rings. The molecule has 0 spiro atoms. The average Bonchev–Trinajstić information content (AvgIpc) is 3.27. The van der Waals surface area contributed by atoms with Crippen molar-refractivity contribution in [2.75, 3.05) is 13.2 Å². The zero-order chi connectivity index (χ0) is 47.0. The SMILES string of the molecule is CCC(C)CCCCCCCCCCCCC(=O)OC[C@H](COC(=O)CCCCCCCCCCCCCCCCCCC(C)C)OC(=O)CCCCCCCCCCCCC(C)C. The Kier molecular flexibility index (Phi) is 48.1. The van der Waals surface area contributed by atoms with E-state index in [1.54, 1.807) is 0 Å². The van der Waals surface area contributed by atoms with Crippen LogP contribution in [0.15, 0.2) is 0 Å². The fraction of sp³-hybridized carbons (Fsp3) is 0.948. The molecule has 380 valence electrons. The largest absolute Gasteiger partial charge is 0.462 e. The quantitative estimate of drug-likeness (QED) is 0.0344. The fourth-order valence-electron chi connectivity index (χ4n) is 8.79. The average molecular weight is 906 g/mol. The van der Waals surface area contributed by atoms with Gasteiger partial charge in [0.1, 0.15) is 13.2 Å². The third-order valence-corrected chi connectivity index (χ3v) is 13.5. The number of ether oxygens (including phenoxy) is 3. The van der Waals surface area contributed by atoms with Gasteiger partial charge < -0.3 is 14.2 Å². The molecule has 0 rings (SSSR count). The van der Waals surface area contributed by atoms with Crippen molar-refractivity contribution in [3.63, 3.8) is 0 Å². The van der Waals surface area contributed by atoms with Gasteiger partial charge in [0.25, 0.3) is 0 Å². The highest BCUT2D eigenvalue weighted by Gasteiger charge is 2.19. The van der Waals surface area contributed by atoms with Gasteiger partial charge in [-0.2, -0.15) is 0 Å². The summed E-state index contributed by atoms with van der Waals surface area (Å²) < 4.78 is 16.9. The van der Waals surface area contributed by atoms with Crippen molar-refractivity contribution in [3.8, 4) is 0 Å². The lowest BCUT2D eigenvalue weighted by atomic mass is 9.99. The summed E-state index contributed by atoms with van der Waals surface area (Å²) in [6, 6.07) is 0. The Balaban J connectivity index is 4.28. The maximum atomic E-state index is 12.8. The Hall–Kier alpha value is -1.59. The zero-order valence-electron chi connectivity index (χ0n) is 44.1. The van der Waals surface area contributed by atoms with Gasteiger partial charge in [0.2, 0.25) is 0 Å². The summed E-state index contributed by atoms with van der Waals surface area (Å²) in [5.41, 5.74) is 0. The summed E-state index contributed by atoms with van der Waals surface area (Å²) in [5, 5.41) is 0. The normalized spacial score (nSPS) is 12.6. The van der Waals surface area contributed by atoms with Crippen LogP contribution in [-0.4, -0.2) is 37.2 Å². The molecule has 0 aliphatic carbocycles. The van der Waals surface area contributed by atoms with E-state index in [-0.39, 0.29) is 31.1 Å². The number of carbonyl (C=O) groups is 3.